The van der Waals surface area contributed by atoms with Crippen LogP contribution in [-0.4, -0.2) is 62.7 Å². The smallest absolute Gasteiger partial charge is 0.269 e. The van der Waals surface area contributed by atoms with Crippen molar-refractivity contribution in [2.24, 2.45) is 5.10 Å². The summed E-state index contributed by atoms with van der Waals surface area (Å²) in [7, 11) is 3.69. The molecule has 0 bridgehead atoms. The molecule has 0 aliphatic carbocycles. The summed E-state index contributed by atoms with van der Waals surface area (Å²) in [6, 6.07) is 10.9. The molecule has 1 unspecified atom stereocenters. The van der Waals surface area contributed by atoms with Crippen LogP contribution in [0.1, 0.15) is 18.1 Å². The van der Waals surface area contributed by atoms with Crippen LogP contribution in [0.3, 0.4) is 0 Å². The molecule has 5 rings (SSSR count). The number of nitrogens with one attached hydrogen (secondary N) is 1. The summed E-state index contributed by atoms with van der Waals surface area (Å²) in [6.45, 7) is 5.72. The number of carbonyl (C=O) groups excluding carboxylic acids is 1. The molecule has 0 saturated carbocycles. The molecule has 1 amide bonds. The van der Waals surface area contributed by atoms with Crippen molar-refractivity contribution in [3.05, 3.63) is 53.3 Å². The number of piperazine rings is 1. The Hall–Kier alpha value is -2.78. The first-order chi connectivity index (χ1) is 15.5. The molecule has 1 spiro atoms. The van der Waals surface area contributed by atoms with E-state index in [2.05, 4.69) is 27.4 Å². The van der Waals surface area contributed by atoms with Gasteiger partial charge in [0, 0.05) is 43.9 Å². The molecule has 32 heavy (non-hydrogen) atoms. The zero-order valence-corrected chi connectivity index (χ0v) is 19.2. The molecule has 1 fully saturated rings. The third-order valence-corrected chi connectivity index (χ3v) is 7.66. The summed E-state index contributed by atoms with van der Waals surface area (Å²) in [5.41, 5.74) is 5.85. The highest BCUT2D eigenvalue weighted by molar-refractivity contribution is 8.16. The van der Waals surface area contributed by atoms with Crippen LogP contribution in [0.5, 0.6) is 5.75 Å². The largest absolute Gasteiger partial charge is 0.497 e. The van der Waals surface area contributed by atoms with Crippen molar-refractivity contribution < 1.29 is 13.9 Å². The van der Waals surface area contributed by atoms with Crippen LogP contribution in [0, 0.1) is 5.82 Å². The maximum atomic E-state index is 15.4. The van der Waals surface area contributed by atoms with Crippen molar-refractivity contribution in [3.8, 4) is 5.75 Å². The fraction of sp³-hybridized carbons (Fsp3) is 0.391. The van der Waals surface area contributed by atoms with Crippen LogP contribution in [0.4, 0.5) is 15.8 Å². The van der Waals surface area contributed by atoms with Crippen LogP contribution < -0.4 is 20.0 Å². The average molecular weight is 456 g/mol. The van der Waals surface area contributed by atoms with E-state index in [0.717, 1.165) is 43.2 Å². The number of fused-ring (bicyclic) bond motifs is 2. The van der Waals surface area contributed by atoms with Gasteiger partial charge in [0.1, 0.15) is 16.6 Å². The van der Waals surface area contributed by atoms with Crippen molar-refractivity contribution in [3.63, 3.8) is 0 Å². The Morgan fingerprint density at radius 1 is 1.16 bits per heavy atom. The number of methoxy groups -OCH3 is 1. The van der Waals surface area contributed by atoms with Crippen molar-refractivity contribution in [2.75, 3.05) is 56.7 Å². The van der Waals surface area contributed by atoms with Crippen molar-refractivity contribution in [2.45, 2.75) is 11.8 Å². The second-order valence-electron chi connectivity index (χ2n) is 8.20. The first-order valence-corrected chi connectivity index (χ1v) is 11.6. The molecule has 0 aromatic heterocycles. The Kier molecular flexibility index (Phi) is 5.25. The number of anilines is 2. The second-order valence-corrected chi connectivity index (χ2v) is 9.40. The zero-order valence-electron chi connectivity index (χ0n) is 18.4. The maximum absolute atomic E-state index is 15.4. The molecule has 0 radical (unpaired) electrons. The van der Waals surface area contributed by atoms with Crippen LogP contribution >= 0.6 is 11.8 Å². The number of likely N-dealkylation sites (N-methyl/N-ethyl adjacent to an activating group) is 2. The van der Waals surface area contributed by atoms with E-state index in [-0.39, 0.29) is 11.7 Å². The Balaban J connectivity index is 1.50. The van der Waals surface area contributed by atoms with Gasteiger partial charge in [0.25, 0.3) is 5.91 Å². The lowest BCUT2D eigenvalue weighted by atomic mass is 10.1. The van der Waals surface area contributed by atoms with Gasteiger partial charge in [-0.05, 0) is 50.4 Å². The van der Waals surface area contributed by atoms with E-state index in [1.54, 1.807) is 12.0 Å². The van der Waals surface area contributed by atoms with E-state index in [4.69, 9.17) is 4.74 Å². The number of benzene rings is 2. The first kappa shape index (κ1) is 21.1. The summed E-state index contributed by atoms with van der Waals surface area (Å²) < 4.78 is 20.6. The summed E-state index contributed by atoms with van der Waals surface area (Å²) in [6.07, 6.45) is 0. The lowest BCUT2D eigenvalue weighted by Crippen LogP contribution is -2.44. The predicted octanol–water partition coefficient (Wildman–Crippen LogP) is 2.80. The first-order valence-electron chi connectivity index (χ1n) is 10.7. The molecule has 1 saturated heterocycles. The molecule has 7 nitrogen and oxygen atoms in total. The normalized spacial score (nSPS) is 22.9. The van der Waals surface area contributed by atoms with Gasteiger partial charge in [-0.2, -0.15) is 5.10 Å². The highest BCUT2D eigenvalue weighted by Gasteiger charge is 2.55. The quantitative estimate of drug-likeness (QED) is 0.765. The third-order valence-electron chi connectivity index (χ3n) is 6.34. The minimum absolute atomic E-state index is 0.123. The van der Waals surface area contributed by atoms with Crippen LogP contribution in [-0.2, 0) is 9.67 Å². The van der Waals surface area contributed by atoms with Gasteiger partial charge in [-0.1, -0.05) is 11.8 Å². The van der Waals surface area contributed by atoms with Crippen LogP contribution in [0.15, 0.2) is 41.5 Å². The zero-order chi connectivity index (χ0) is 22.5. The SMILES string of the molecule is CCN1C(=O)C2(NN=C(c3ccc(OC)cc3)S2)c2cc(F)c(N3CCN(C)CC3)cc21. The van der Waals surface area contributed by atoms with Crippen LogP contribution in [0.2, 0.25) is 0 Å². The van der Waals surface area contributed by atoms with Gasteiger partial charge in [-0.25, -0.2) is 4.39 Å². The molecule has 2 aromatic rings. The number of halogens is 1. The number of hydrazone groups is 1. The summed E-state index contributed by atoms with van der Waals surface area (Å²) >= 11 is 1.33. The molecule has 2 aromatic carbocycles. The highest BCUT2D eigenvalue weighted by atomic mass is 32.2. The summed E-state index contributed by atoms with van der Waals surface area (Å²) in [4.78, 5) is 18.4. The van der Waals surface area contributed by atoms with Crippen molar-refractivity contribution >= 4 is 34.1 Å². The molecule has 1 N–H and O–H groups in total. The lowest BCUT2D eigenvalue weighted by Gasteiger charge is -2.34. The van der Waals surface area contributed by atoms with Crippen LogP contribution in [0.25, 0.3) is 0 Å². The van der Waals surface area contributed by atoms with Crippen molar-refractivity contribution in [1.82, 2.24) is 10.3 Å². The van der Waals surface area contributed by atoms with E-state index in [1.165, 1.54) is 17.8 Å². The number of hydrogen-bond donors (Lipinski definition) is 1. The number of carbonyl (C=O) groups is 1. The van der Waals surface area contributed by atoms with E-state index in [1.807, 2.05) is 37.3 Å². The number of rotatable bonds is 4. The fourth-order valence-electron chi connectivity index (χ4n) is 4.46. The average Bonchev–Trinajstić information content (AvgIpc) is 3.35. The van der Waals surface area contributed by atoms with Gasteiger partial charge in [0.2, 0.25) is 4.87 Å². The molecule has 3 heterocycles. The second kappa shape index (κ2) is 7.97. The summed E-state index contributed by atoms with van der Waals surface area (Å²) in [5, 5.41) is 5.16. The van der Waals surface area contributed by atoms with Crippen molar-refractivity contribution in [1.29, 1.82) is 0 Å². The highest BCUT2D eigenvalue weighted by Crippen LogP contribution is 2.52. The van der Waals surface area contributed by atoms with E-state index >= 15 is 4.39 Å². The molecule has 9 heteroatoms. The predicted molar refractivity (Wildman–Crippen MR) is 126 cm³/mol. The summed E-state index contributed by atoms with van der Waals surface area (Å²) in [5.74, 6) is 0.318. The number of amides is 1. The molecule has 168 valence electrons. The lowest BCUT2D eigenvalue weighted by molar-refractivity contribution is -0.121. The van der Waals surface area contributed by atoms with Gasteiger partial charge >= 0.3 is 0 Å². The number of hydrogen-bond acceptors (Lipinski definition) is 7. The van der Waals surface area contributed by atoms with Gasteiger partial charge in [0.05, 0.1) is 18.5 Å². The molecule has 1 atom stereocenters. The van der Waals surface area contributed by atoms with Gasteiger partial charge in [-0.15, -0.1) is 0 Å². The Morgan fingerprint density at radius 2 is 1.88 bits per heavy atom. The standard InChI is InChI=1S/C23H26FN5O2S/c1-4-29-19-14-20(28-11-9-27(2)10-12-28)18(24)13-17(19)23(22(29)30)26-25-21(32-23)15-5-7-16(31-3)8-6-15/h5-8,13-14,26H,4,9-12H2,1-3H3. The monoisotopic (exact) mass is 455 g/mol. The molecule has 3 aliphatic heterocycles. The van der Waals surface area contributed by atoms with Gasteiger partial charge in [-0.3, -0.25) is 10.2 Å². The third kappa shape index (κ3) is 3.22. The Bertz CT molecular complexity index is 1080. The van der Waals surface area contributed by atoms with E-state index < -0.39 is 4.87 Å². The van der Waals surface area contributed by atoms with E-state index in [9.17, 15) is 4.79 Å². The minimum Gasteiger partial charge on any atom is -0.497 e. The number of nitrogens with zero attached hydrogens (tertiary/aromatic N) is 4. The number of ether oxygens (including phenoxy) is 1. The Labute approximate surface area is 191 Å². The number of thioether (sulfide) groups is 1. The van der Waals surface area contributed by atoms with Gasteiger partial charge in [0.15, 0.2) is 0 Å². The Morgan fingerprint density at radius 3 is 2.53 bits per heavy atom. The minimum atomic E-state index is -1.15. The fourth-order valence-corrected chi connectivity index (χ4v) is 5.66. The van der Waals surface area contributed by atoms with E-state index in [0.29, 0.717) is 22.8 Å². The maximum Gasteiger partial charge on any atom is 0.269 e. The van der Waals surface area contributed by atoms with Gasteiger partial charge < -0.3 is 19.4 Å². The topological polar surface area (TPSA) is 60.4 Å². The molecular formula is C23H26FN5O2S. The molecule has 3 aliphatic rings. The molecular weight excluding hydrogens is 429 g/mol.